The molecule has 6 nitrogen and oxygen atoms in total. The van der Waals surface area contributed by atoms with Crippen LogP contribution in [0.5, 0.6) is 5.75 Å². The van der Waals surface area contributed by atoms with E-state index >= 15 is 0 Å². The van der Waals surface area contributed by atoms with E-state index in [1.807, 2.05) is 19.9 Å². The molecule has 0 aliphatic rings. The van der Waals surface area contributed by atoms with Crippen LogP contribution >= 0.6 is 0 Å². The van der Waals surface area contributed by atoms with Crippen molar-refractivity contribution in [1.82, 2.24) is 5.32 Å². The fourth-order valence-electron chi connectivity index (χ4n) is 1.33. The number of phenols is 1. The molecule has 19 heavy (non-hydrogen) atoms. The summed E-state index contributed by atoms with van der Waals surface area (Å²) in [4.78, 5) is 22.3. The number of rotatable bonds is 4. The summed E-state index contributed by atoms with van der Waals surface area (Å²) in [6, 6.07) is 3.59. The first-order valence-corrected chi connectivity index (χ1v) is 5.65. The largest absolute Gasteiger partial charge is 0.505 e. The third kappa shape index (κ3) is 4.34. The summed E-state index contributed by atoms with van der Waals surface area (Å²) in [7, 11) is 0. The molecule has 6 heteroatoms. The van der Waals surface area contributed by atoms with Gasteiger partial charge in [-0.3, -0.25) is 0 Å². The van der Waals surface area contributed by atoms with Crippen LogP contribution in [0.2, 0.25) is 0 Å². The van der Waals surface area contributed by atoms with Crippen LogP contribution in [0.15, 0.2) is 29.8 Å². The molecular weight excluding hydrogens is 248 g/mol. The van der Waals surface area contributed by atoms with Crippen LogP contribution in [-0.4, -0.2) is 28.8 Å². The summed E-state index contributed by atoms with van der Waals surface area (Å²) < 4.78 is 0. The first-order valence-electron chi connectivity index (χ1n) is 5.65. The van der Waals surface area contributed by atoms with E-state index in [4.69, 9.17) is 5.11 Å². The number of carbonyl (C=O) groups is 2. The summed E-state index contributed by atoms with van der Waals surface area (Å²) >= 11 is 0. The lowest BCUT2D eigenvalue weighted by atomic mass is 10.2. The minimum absolute atomic E-state index is 0.0506. The third-order valence-corrected chi connectivity index (χ3v) is 2.29. The third-order valence-electron chi connectivity index (χ3n) is 2.29. The van der Waals surface area contributed by atoms with Gasteiger partial charge in [0.05, 0.1) is 5.69 Å². The minimum Gasteiger partial charge on any atom is -0.505 e. The van der Waals surface area contributed by atoms with Crippen molar-refractivity contribution < 1.29 is 19.8 Å². The lowest BCUT2D eigenvalue weighted by Gasteiger charge is -2.09. The fourth-order valence-corrected chi connectivity index (χ4v) is 1.33. The van der Waals surface area contributed by atoms with Gasteiger partial charge in [0.15, 0.2) is 5.75 Å². The highest BCUT2D eigenvalue weighted by Gasteiger charge is 2.14. The van der Waals surface area contributed by atoms with Crippen LogP contribution in [0, 0.1) is 0 Å². The summed E-state index contributed by atoms with van der Waals surface area (Å²) in [6.07, 6.45) is 1.83. The molecule has 0 radical (unpaired) electrons. The molecule has 0 bridgehead atoms. The molecule has 0 aromatic heterocycles. The summed E-state index contributed by atoms with van der Waals surface area (Å²) in [5.41, 5.74) is 0.854. The molecule has 1 aromatic carbocycles. The number of anilines is 1. The smallest absolute Gasteiger partial charge is 0.339 e. The fraction of sp³-hybridized carbons (Fsp3) is 0.231. The number of allylic oxidation sites excluding steroid dienone is 1. The number of aromatic carboxylic acids is 1. The molecule has 1 aromatic rings. The van der Waals surface area contributed by atoms with E-state index in [0.717, 1.165) is 5.57 Å². The molecule has 0 unspecified atom stereocenters. The summed E-state index contributed by atoms with van der Waals surface area (Å²) in [6.45, 7) is 4.16. The zero-order chi connectivity index (χ0) is 14.4. The average Bonchev–Trinajstić information content (AvgIpc) is 2.31. The normalized spacial score (nSPS) is 9.58. The second-order valence-corrected chi connectivity index (χ2v) is 4.12. The minimum atomic E-state index is -1.26. The van der Waals surface area contributed by atoms with E-state index < -0.39 is 17.7 Å². The Hall–Kier alpha value is -2.50. The number of carboxylic acids is 1. The van der Waals surface area contributed by atoms with Crippen molar-refractivity contribution in [3.8, 4) is 5.75 Å². The van der Waals surface area contributed by atoms with Crippen molar-refractivity contribution in [3.63, 3.8) is 0 Å². The number of para-hydroxylation sites is 1. The van der Waals surface area contributed by atoms with E-state index in [1.54, 1.807) is 0 Å². The number of carboxylic acid groups (broad SMARTS) is 1. The molecule has 4 N–H and O–H groups in total. The molecule has 0 atom stereocenters. The number of aromatic hydroxyl groups is 1. The molecular formula is C13H16N2O4. The van der Waals surface area contributed by atoms with Gasteiger partial charge in [-0.05, 0) is 26.0 Å². The van der Waals surface area contributed by atoms with Crippen molar-refractivity contribution in [2.45, 2.75) is 13.8 Å². The highest BCUT2D eigenvalue weighted by molar-refractivity contribution is 5.97. The van der Waals surface area contributed by atoms with Crippen LogP contribution in [0.4, 0.5) is 10.5 Å². The highest BCUT2D eigenvalue weighted by Crippen LogP contribution is 2.27. The standard InChI is InChI=1S/C13H16N2O4/c1-8(2)6-7-14-13(19)15-10-5-3-4-9(11(10)16)12(17)18/h3-6,16H,7H2,1-2H3,(H,17,18)(H2,14,15,19). The van der Waals surface area contributed by atoms with Gasteiger partial charge in [-0.25, -0.2) is 9.59 Å². The van der Waals surface area contributed by atoms with Gasteiger partial charge in [-0.15, -0.1) is 0 Å². The number of hydrogen-bond acceptors (Lipinski definition) is 3. The zero-order valence-electron chi connectivity index (χ0n) is 10.7. The molecule has 0 aliphatic heterocycles. The second kappa shape index (κ2) is 6.44. The van der Waals surface area contributed by atoms with Crippen molar-refractivity contribution in [1.29, 1.82) is 0 Å². The van der Waals surface area contributed by atoms with Crippen LogP contribution in [-0.2, 0) is 0 Å². The van der Waals surface area contributed by atoms with Gasteiger partial charge in [0.25, 0.3) is 0 Å². The van der Waals surface area contributed by atoms with Gasteiger partial charge < -0.3 is 20.8 Å². The number of urea groups is 1. The van der Waals surface area contributed by atoms with E-state index in [0.29, 0.717) is 6.54 Å². The molecule has 0 saturated carbocycles. The molecule has 2 amide bonds. The van der Waals surface area contributed by atoms with Gasteiger partial charge in [0.1, 0.15) is 5.56 Å². The number of benzene rings is 1. The van der Waals surface area contributed by atoms with E-state index in [2.05, 4.69) is 10.6 Å². The Morgan fingerprint density at radius 2 is 2.00 bits per heavy atom. The first kappa shape index (κ1) is 14.6. The molecule has 102 valence electrons. The molecule has 0 spiro atoms. The maximum atomic E-state index is 11.5. The molecule has 0 saturated heterocycles. The Labute approximate surface area is 110 Å². The Bertz CT molecular complexity index is 519. The van der Waals surface area contributed by atoms with E-state index in [-0.39, 0.29) is 11.3 Å². The van der Waals surface area contributed by atoms with Crippen LogP contribution < -0.4 is 10.6 Å². The monoisotopic (exact) mass is 264 g/mol. The second-order valence-electron chi connectivity index (χ2n) is 4.12. The predicted octanol–water partition coefficient (Wildman–Crippen LogP) is 2.18. The van der Waals surface area contributed by atoms with Crippen molar-refractivity contribution in [2.75, 3.05) is 11.9 Å². The van der Waals surface area contributed by atoms with Gasteiger partial charge >= 0.3 is 12.0 Å². The van der Waals surface area contributed by atoms with Gasteiger partial charge in [-0.2, -0.15) is 0 Å². The maximum absolute atomic E-state index is 11.5. The first-order chi connectivity index (χ1) is 8.91. The number of carbonyl (C=O) groups excluding carboxylic acids is 1. The quantitative estimate of drug-likeness (QED) is 0.494. The van der Waals surface area contributed by atoms with Crippen LogP contribution in [0.3, 0.4) is 0 Å². The lowest BCUT2D eigenvalue weighted by Crippen LogP contribution is -2.28. The molecule has 1 rings (SSSR count). The number of nitrogens with one attached hydrogen (secondary N) is 2. The predicted molar refractivity (Wildman–Crippen MR) is 71.5 cm³/mol. The lowest BCUT2D eigenvalue weighted by molar-refractivity contribution is 0.0694. The Kier molecular flexibility index (Phi) is 4.93. The maximum Gasteiger partial charge on any atom is 0.339 e. The topological polar surface area (TPSA) is 98.7 Å². The van der Waals surface area contributed by atoms with E-state index in [1.165, 1.54) is 18.2 Å². The molecule has 0 fully saturated rings. The Morgan fingerprint density at radius 3 is 2.58 bits per heavy atom. The number of amides is 2. The summed E-state index contributed by atoms with van der Waals surface area (Å²) in [5, 5.41) is 23.5. The number of hydrogen-bond donors (Lipinski definition) is 4. The molecule has 0 aliphatic carbocycles. The van der Waals surface area contributed by atoms with Gasteiger partial charge in [0.2, 0.25) is 0 Å². The SMILES string of the molecule is CC(C)=CCNC(=O)Nc1cccc(C(=O)O)c1O. The average molecular weight is 264 g/mol. The van der Waals surface area contributed by atoms with Crippen molar-refractivity contribution in [3.05, 3.63) is 35.4 Å². The molecule has 0 heterocycles. The zero-order valence-corrected chi connectivity index (χ0v) is 10.7. The van der Waals surface area contributed by atoms with E-state index in [9.17, 15) is 14.7 Å². The van der Waals surface area contributed by atoms with Gasteiger partial charge in [-0.1, -0.05) is 17.7 Å². The van der Waals surface area contributed by atoms with Crippen LogP contribution in [0.25, 0.3) is 0 Å². The van der Waals surface area contributed by atoms with Gasteiger partial charge in [0, 0.05) is 6.54 Å². The van der Waals surface area contributed by atoms with Crippen molar-refractivity contribution in [2.24, 2.45) is 0 Å². The Balaban J connectivity index is 2.72. The summed E-state index contributed by atoms with van der Waals surface area (Å²) in [5.74, 6) is -1.72. The van der Waals surface area contributed by atoms with Crippen LogP contribution in [0.1, 0.15) is 24.2 Å². The van der Waals surface area contributed by atoms with Crippen molar-refractivity contribution >= 4 is 17.7 Å². The Morgan fingerprint density at radius 1 is 1.32 bits per heavy atom. The highest BCUT2D eigenvalue weighted by atomic mass is 16.4.